The molecule has 0 bridgehead atoms. The fourth-order valence-corrected chi connectivity index (χ4v) is 4.71. The normalized spacial score (nSPS) is 16.2. The summed E-state index contributed by atoms with van der Waals surface area (Å²) in [4.78, 5) is 12.2. The van der Waals surface area contributed by atoms with Crippen LogP contribution in [0.15, 0.2) is 41.6 Å². The van der Waals surface area contributed by atoms with E-state index < -0.39 is 28.4 Å². The van der Waals surface area contributed by atoms with E-state index >= 15 is 0 Å². The third kappa shape index (κ3) is 3.82. The van der Waals surface area contributed by atoms with Gasteiger partial charge in [-0.1, -0.05) is 16.9 Å². The molecule has 4 rings (SSSR count). The first-order valence-electron chi connectivity index (χ1n) is 7.77. The summed E-state index contributed by atoms with van der Waals surface area (Å²) in [6.07, 6.45) is 1.48. The van der Waals surface area contributed by atoms with Gasteiger partial charge in [0.1, 0.15) is 5.82 Å². The molecule has 1 atom stereocenters. The zero-order chi connectivity index (χ0) is 19.9. The van der Waals surface area contributed by atoms with E-state index in [1.165, 1.54) is 30.0 Å². The minimum absolute atomic E-state index is 0.0378. The summed E-state index contributed by atoms with van der Waals surface area (Å²) < 4.78 is 47.0. The second-order valence-corrected chi connectivity index (χ2v) is 8.56. The summed E-state index contributed by atoms with van der Waals surface area (Å²) in [7, 11) is 0. The van der Waals surface area contributed by atoms with Crippen LogP contribution in [0.1, 0.15) is 12.8 Å². The van der Waals surface area contributed by atoms with Gasteiger partial charge in [0.25, 0.3) is 0 Å². The van der Waals surface area contributed by atoms with Gasteiger partial charge in [-0.25, -0.2) is 27.3 Å². The van der Waals surface area contributed by atoms with Gasteiger partial charge in [0.2, 0.25) is 17.1 Å². The van der Waals surface area contributed by atoms with Crippen LogP contribution in [0.2, 0.25) is 0 Å². The molecule has 10 nitrogen and oxygen atoms in total. The first-order chi connectivity index (χ1) is 13.4. The minimum atomic E-state index is -2.12. The number of hydrogen-bond donors (Lipinski definition) is 2. The van der Waals surface area contributed by atoms with E-state index in [4.69, 9.17) is 13.7 Å². The lowest BCUT2D eigenvalue weighted by Gasteiger charge is -2.12. The molecular formula is C14H11BrFN5O5S2. The van der Waals surface area contributed by atoms with E-state index in [1.54, 1.807) is 0 Å². The van der Waals surface area contributed by atoms with E-state index in [2.05, 4.69) is 36.1 Å². The van der Waals surface area contributed by atoms with Crippen molar-refractivity contribution in [3.8, 4) is 17.2 Å². The third-order valence-corrected chi connectivity index (χ3v) is 6.53. The van der Waals surface area contributed by atoms with Crippen molar-refractivity contribution in [3.63, 3.8) is 0 Å². The number of hydrogen-bond acceptors (Lipinski definition) is 8. The molecule has 28 heavy (non-hydrogen) atoms. The lowest BCUT2D eigenvalue weighted by Crippen LogP contribution is -2.34. The Kier molecular flexibility index (Phi) is 5.22. The second kappa shape index (κ2) is 7.51. The Morgan fingerprint density at radius 3 is 2.86 bits per heavy atom. The molecule has 2 aromatic heterocycles. The molecule has 0 saturated heterocycles. The SMILES string of the molecule is O=c1onc(-c2nonc2SCC2(NS(=O)O)CC2)n1-c1ccc(F)c(Br)c1. The van der Waals surface area contributed by atoms with E-state index in [0.29, 0.717) is 16.5 Å². The lowest BCUT2D eigenvalue weighted by atomic mass is 10.3. The van der Waals surface area contributed by atoms with Crippen LogP contribution in [0.3, 0.4) is 0 Å². The van der Waals surface area contributed by atoms with E-state index in [9.17, 15) is 13.4 Å². The maximum atomic E-state index is 13.5. The van der Waals surface area contributed by atoms with Gasteiger partial charge in [0, 0.05) is 11.3 Å². The Hall–Kier alpha value is -1.87. The molecule has 1 saturated carbocycles. The highest BCUT2D eigenvalue weighted by Crippen LogP contribution is 2.41. The molecule has 2 heterocycles. The highest BCUT2D eigenvalue weighted by atomic mass is 79.9. The standard InChI is InChI=1S/C14H11BrFN5O5S2/c15-8-5-7(1-2-9(8)16)21-11(18-25-13(21)22)10-12(19-26-17-10)27-6-14(3-4-14)20-28(23)24/h1-2,5,20H,3-4,6H2,(H,23,24). The largest absolute Gasteiger partial charge is 0.446 e. The average molecular weight is 492 g/mol. The number of halogens is 2. The molecule has 14 heteroatoms. The molecule has 148 valence electrons. The van der Waals surface area contributed by atoms with Crippen LogP contribution in [0.25, 0.3) is 17.2 Å². The fourth-order valence-electron chi connectivity index (χ4n) is 2.48. The zero-order valence-corrected chi connectivity index (χ0v) is 17.0. The molecule has 1 aliphatic rings. The molecule has 3 aromatic rings. The molecular weight excluding hydrogens is 481 g/mol. The molecule has 0 aliphatic heterocycles. The van der Waals surface area contributed by atoms with Gasteiger partial charge in [0.05, 0.1) is 10.2 Å². The zero-order valence-electron chi connectivity index (χ0n) is 13.8. The molecule has 1 fully saturated rings. The summed E-state index contributed by atoms with van der Waals surface area (Å²) >= 11 is 2.19. The van der Waals surface area contributed by atoms with E-state index in [1.807, 2.05) is 0 Å². The van der Waals surface area contributed by atoms with Crippen LogP contribution in [0.4, 0.5) is 4.39 Å². The van der Waals surface area contributed by atoms with Crippen LogP contribution >= 0.6 is 27.7 Å². The summed E-state index contributed by atoms with van der Waals surface area (Å²) in [5.41, 5.74) is 0.00734. The minimum Gasteiger partial charge on any atom is -0.295 e. The Morgan fingerprint density at radius 2 is 2.18 bits per heavy atom. The number of nitrogens with zero attached hydrogens (tertiary/aromatic N) is 4. The van der Waals surface area contributed by atoms with E-state index in [-0.39, 0.29) is 16.0 Å². The van der Waals surface area contributed by atoms with Gasteiger partial charge in [-0.15, -0.1) is 0 Å². The number of rotatable bonds is 7. The Balaban J connectivity index is 1.65. The highest BCUT2D eigenvalue weighted by Gasteiger charge is 2.44. The molecule has 0 amide bonds. The van der Waals surface area contributed by atoms with Crippen molar-refractivity contribution in [3.05, 3.63) is 39.0 Å². The highest BCUT2D eigenvalue weighted by molar-refractivity contribution is 9.10. The summed E-state index contributed by atoms with van der Waals surface area (Å²) in [6, 6.07) is 3.98. The molecule has 1 aromatic carbocycles. The average Bonchev–Trinajstić information content (AvgIpc) is 3.07. The smallest absolute Gasteiger partial charge is 0.295 e. The number of thioether (sulfide) groups is 1. The number of aromatic nitrogens is 4. The molecule has 2 N–H and O–H groups in total. The van der Waals surface area contributed by atoms with Crippen molar-refractivity contribution in [2.45, 2.75) is 23.4 Å². The van der Waals surface area contributed by atoms with Crippen LogP contribution in [-0.2, 0) is 11.3 Å². The van der Waals surface area contributed by atoms with Crippen molar-refractivity contribution >= 4 is 39.0 Å². The summed E-state index contributed by atoms with van der Waals surface area (Å²) in [5.74, 6) is -0.804. The second-order valence-electron chi connectivity index (χ2n) is 6.04. The van der Waals surface area contributed by atoms with Crippen LogP contribution in [0.5, 0.6) is 0 Å². The first kappa shape index (κ1) is 19.4. The van der Waals surface area contributed by atoms with Gasteiger partial charge in [-0.2, -0.15) is 0 Å². The number of nitrogens with one attached hydrogen (secondary N) is 1. The van der Waals surface area contributed by atoms with Crippen molar-refractivity contribution in [2.75, 3.05) is 5.75 Å². The summed E-state index contributed by atoms with van der Waals surface area (Å²) in [5, 5.41) is 11.7. The van der Waals surface area contributed by atoms with Gasteiger partial charge in [-0.05, 0) is 57.3 Å². The maximum absolute atomic E-state index is 13.5. The Bertz CT molecular complexity index is 1110. The fraction of sp³-hybridized carbons (Fsp3) is 0.286. The predicted octanol–water partition coefficient (Wildman–Crippen LogP) is 2.13. The maximum Gasteiger partial charge on any atom is 0.446 e. The monoisotopic (exact) mass is 491 g/mol. The van der Waals surface area contributed by atoms with Gasteiger partial charge in [0.15, 0.2) is 10.7 Å². The lowest BCUT2D eigenvalue weighted by molar-refractivity contribution is 0.299. The molecule has 1 unspecified atom stereocenters. The van der Waals surface area contributed by atoms with E-state index in [0.717, 1.165) is 17.4 Å². The Morgan fingerprint density at radius 1 is 1.39 bits per heavy atom. The molecule has 1 aliphatic carbocycles. The van der Waals surface area contributed by atoms with Gasteiger partial charge >= 0.3 is 5.76 Å². The van der Waals surface area contributed by atoms with Crippen LogP contribution in [-0.4, -0.2) is 40.1 Å². The predicted molar refractivity (Wildman–Crippen MR) is 99.6 cm³/mol. The topological polar surface area (TPSA) is 136 Å². The van der Waals surface area contributed by atoms with Crippen molar-refractivity contribution in [1.29, 1.82) is 0 Å². The third-order valence-electron chi connectivity index (χ3n) is 4.08. The first-order valence-corrected chi connectivity index (χ1v) is 10.7. The molecule has 0 spiro atoms. The van der Waals surface area contributed by atoms with Crippen LogP contribution < -0.4 is 10.5 Å². The van der Waals surface area contributed by atoms with Gasteiger partial charge < -0.3 is 0 Å². The number of benzene rings is 1. The van der Waals surface area contributed by atoms with Gasteiger partial charge in [-0.3, -0.25) is 9.08 Å². The quantitative estimate of drug-likeness (QED) is 0.376. The van der Waals surface area contributed by atoms with Crippen LogP contribution in [0, 0.1) is 5.82 Å². The summed E-state index contributed by atoms with van der Waals surface area (Å²) in [6.45, 7) is 0. The Labute approximate surface area is 171 Å². The van der Waals surface area contributed by atoms with Crippen molar-refractivity contribution in [2.24, 2.45) is 0 Å². The van der Waals surface area contributed by atoms with Crippen molar-refractivity contribution < 1.29 is 22.3 Å². The van der Waals surface area contributed by atoms with Crippen molar-refractivity contribution in [1.82, 2.24) is 24.8 Å². The molecule has 0 radical (unpaired) electrons.